The molecule has 0 N–H and O–H groups in total. The maximum atomic E-state index is 12.0. The number of fused-ring (bicyclic) bond motifs is 1. The summed E-state index contributed by atoms with van der Waals surface area (Å²) in [6, 6.07) is 3.19. The molecule has 0 amide bonds. The molecule has 1 aromatic carbocycles. The van der Waals surface area contributed by atoms with Crippen LogP contribution in [0.15, 0.2) is 12.1 Å². The second-order valence-corrected chi connectivity index (χ2v) is 5.32. The van der Waals surface area contributed by atoms with Gasteiger partial charge in [0.1, 0.15) is 12.4 Å². The predicted molar refractivity (Wildman–Crippen MR) is 76.2 cm³/mol. The third kappa shape index (κ3) is 4.16. The minimum Gasteiger partial charge on any atom is -0.370 e. The molecular formula is C12H10Cl3F3N2O. The predicted octanol–water partition coefficient (Wildman–Crippen LogP) is 4.66. The van der Waals surface area contributed by atoms with Gasteiger partial charge in [-0.25, -0.2) is 4.98 Å². The summed E-state index contributed by atoms with van der Waals surface area (Å²) in [6.45, 7) is -1.22. The van der Waals surface area contributed by atoms with E-state index in [1.807, 2.05) is 0 Å². The van der Waals surface area contributed by atoms with E-state index in [0.29, 0.717) is 26.9 Å². The average Bonchev–Trinajstić information content (AvgIpc) is 2.71. The Kier molecular flexibility index (Phi) is 5.24. The van der Waals surface area contributed by atoms with E-state index in [1.165, 1.54) is 0 Å². The molecule has 0 fully saturated rings. The zero-order chi connectivity index (χ0) is 15.6. The average molecular weight is 362 g/mol. The van der Waals surface area contributed by atoms with Gasteiger partial charge in [0.05, 0.1) is 33.6 Å². The highest BCUT2D eigenvalue weighted by Gasteiger charge is 2.27. The maximum absolute atomic E-state index is 12.0. The van der Waals surface area contributed by atoms with Crippen LogP contribution in [0.1, 0.15) is 5.82 Å². The highest BCUT2D eigenvalue weighted by molar-refractivity contribution is 6.42. The number of hydrogen-bond acceptors (Lipinski definition) is 2. The van der Waals surface area contributed by atoms with Crippen LogP contribution in [0.3, 0.4) is 0 Å². The zero-order valence-corrected chi connectivity index (χ0v) is 12.8. The maximum Gasteiger partial charge on any atom is 0.411 e. The van der Waals surface area contributed by atoms with Crippen molar-refractivity contribution in [2.45, 2.75) is 18.6 Å². The van der Waals surface area contributed by atoms with E-state index < -0.39 is 12.8 Å². The zero-order valence-electron chi connectivity index (χ0n) is 10.6. The first-order valence-corrected chi connectivity index (χ1v) is 7.15. The Hall–Kier alpha value is -0.690. The van der Waals surface area contributed by atoms with Gasteiger partial charge >= 0.3 is 6.18 Å². The van der Waals surface area contributed by atoms with Crippen molar-refractivity contribution >= 4 is 45.8 Å². The van der Waals surface area contributed by atoms with Crippen molar-refractivity contribution in [3.8, 4) is 0 Å². The minimum absolute atomic E-state index is 0.114. The fourth-order valence-electron chi connectivity index (χ4n) is 1.87. The first-order chi connectivity index (χ1) is 9.81. The Morgan fingerprint density at radius 3 is 2.48 bits per heavy atom. The number of hydrogen-bond donors (Lipinski definition) is 0. The third-order valence-corrected chi connectivity index (χ3v) is 3.68. The summed E-state index contributed by atoms with van der Waals surface area (Å²) < 4.78 is 42.3. The van der Waals surface area contributed by atoms with Gasteiger partial charge < -0.3 is 9.30 Å². The van der Waals surface area contributed by atoms with Crippen molar-refractivity contribution in [2.24, 2.45) is 0 Å². The summed E-state index contributed by atoms with van der Waals surface area (Å²) in [5.41, 5.74) is 1.23. The van der Waals surface area contributed by atoms with E-state index in [4.69, 9.17) is 34.8 Å². The molecule has 116 valence electrons. The van der Waals surface area contributed by atoms with Crippen molar-refractivity contribution in [1.29, 1.82) is 0 Å². The van der Waals surface area contributed by atoms with E-state index in [9.17, 15) is 13.2 Å². The molecule has 0 aliphatic heterocycles. The van der Waals surface area contributed by atoms with E-state index in [0.717, 1.165) is 0 Å². The molecule has 0 aliphatic rings. The molecule has 0 aliphatic carbocycles. The Balaban J connectivity index is 2.19. The van der Waals surface area contributed by atoms with Gasteiger partial charge in [0.15, 0.2) is 0 Å². The van der Waals surface area contributed by atoms with Gasteiger partial charge in [0.25, 0.3) is 0 Å². The molecule has 3 nitrogen and oxygen atoms in total. The Morgan fingerprint density at radius 2 is 1.86 bits per heavy atom. The van der Waals surface area contributed by atoms with Crippen molar-refractivity contribution in [3.63, 3.8) is 0 Å². The summed E-state index contributed by atoms with van der Waals surface area (Å²) in [4.78, 5) is 4.27. The molecule has 9 heteroatoms. The van der Waals surface area contributed by atoms with Crippen molar-refractivity contribution < 1.29 is 17.9 Å². The van der Waals surface area contributed by atoms with Crippen LogP contribution in [0.5, 0.6) is 0 Å². The molecule has 1 heterocycles. The van der Waals surface area contributed by atoms with Crippen LogP contribution in [-0.4, -0.2) is 28.9 Å². The van der Waals surface area contributed by atoms with Gasteiger partial charge in [-0.2, -0.15) is 13.2 Å². The van der Waals surface area contributed by atoms with Crippen LogP contribution in [-0.2, 0) is 17.2 Å². The highest BCUT2D eigenvalue weighted by atomic mass is 35.5. The molecule has 0 unspecified atom stereocenters. The standard InChI is InChI=1S/C12H10Cl3F3N2O/c13-5-11-19-9-3-7(14)8(15)4-10(9)20(11)1-2-21-6-12(16,17)18/h3-4H,1-2,5-6H2. The molecule has 0 bridgehead atoms. The van der Waals surface area contributed by atoms with Crippen molar-refractivity contribution in [2.75, 3.05) is 13.2 Å². The molecule has 0 saturated carbocycles. The lowest BCUT2D eigenvalue weighted by Gasteiger charge is -2.10. The number of imidazole rings is 1. The Labute approximate surface area is 133 Å². The molecule has 0 saturated heterocycles. The van der Waals surface area contributed by atoms with Gasteiger partial charge in [-0.3, -0.25) is 0 Å². The number of alkyl halides is 4. The fraction of sp³-hybridized carbons (Fsp3) is 0.417. The monoisotopic (exact) mass is 360 g/mol. The normalized spacial score (nSPS) is 12.3. The molecule has 2 rings (SSSR count). The molecule has 21 heavy (non-hydrogen) atoms. The smallest absolute Gasteiger partial charge is 0.370 e. The van der Waals surface area contributed by atoms with Crippen LogP contribution < -0.4 is 0 Å². The molecule has 1 aromatic heterocycles. The van der Waals surface area contributed by atoms with Gasteiger partial charge in [-0.05, 0) is 12.1 Å². The van der Waals surface area contributed by atoms with Crippen LogP contribution in [0, 0.1) is 0 Å². The van der Waals surface area contributed by atoms with E-state index >= 15 is 0 Å². The first-order valence-electron chi connectivity index (χ1n) is 5.86. The summed E-state index contributed by atoms with van der Waals surface area (Å²) in [6.07, 6.45) is -4.34. The number of halogens is 6. The number of ether oxygens (including phenoxy) is 1. The molecule has 0 radical (unpaired) electrons. The van der Waals surface area contributed by atoms with Gasteiger partial charge in [-0.1, -0.05) is 23.2 Å². The highest BCUT2D eigenvalue weighted by Crippen LogP contribution is 2.28. The second kappa shape index (κ2) is 6.60. The number of aromatic nitrogens is 2. The van der Waals surface area contributed by atoms with Crippen LogP contribution in [0.2, 0.25) is 10.0 Å². The van der Waals surface area contributed by atoms with Gasteiger partial charge in [0, 0.05) is 6.54 Å². The van der Waals surface area contributed by atoms with Gasteiger partial charge in [-0.15, -0.1) is 11.6 Å². The lowest BCUT2D eigenvalue weighted by Crippen LogP contribution is -2.19. The minimum atomic E-state index is -4.34. The lowest BCUT2D eigenvalue weighted by molar-refractivity contribution is -0.174. The number of nitrogens with zero attached hydrogens (tertiary/aromatic N) is 2. The van der Waals surface area contributed by atoms with Crippen molar-refractivity contribution in [3.05, 3.63) is 28.0 Å². The third-order valence-electron chi connectivity index (χ3n) is 2.71. The molecular weight excluding hydrogens is 351 g/mol. The fourth-order valence-corrected chi connectivity index (χ4v) is 2.39. The SMILES string of the molecule is FC(F)(F)COCCn1c(CCl)nc2cc(Cl)c(Cl)cc21. The van der Waals surface area contributed by atoms with E-state index in [2.05, 4.69) is 9.72 Å². The molecule has 0 atom stereocenters. The van der Waals surface area contributed by atoms with E-state index in [-0.39, 0.29) is 19.0 Å². The number of rotatable bonds is 5. The summed E-state index contributed by atoms with van der Waals surface area (Å²) in [7, 11) is 0. The summed E-state index contributed by atoms with van der Waals surface area (Å²) >= 11 is 17.7. The van der Waals surface area contributed by atoms with Crippen LogP contribution >= 0.6 is 34.8 Å². The quantitative estimate of drug-likeness (QED) is 0.572. The first kappa shape index (κ1) is 16.7. The Bertz CT molecular complexity index is 643. The topological polar surface area (TPSA) is 27.1 Å². The van der Waals surface area contributed by atoms with Gasteiger partial charge in [0.2, 0.25) is 0 Å². The molecule has 0 spiro atoms. The molecule has 2 aromatic rings. The van der Waals surface area contributed by atoms with Crippen LogP contribution in [0.25, 0.3) is 11.0 Å². The number of benzene rings is 1. The van der Waals surface area contributed by atoms with Crippen molar-refractivity contribution in [1.82, 2.24) is 9.55 Å². The second-order valence-electron chi connectivity index (χ2n) is 4.24. The summed E-state index contributed by atoms with van der Waals surface area (Å²) in [5.74, 6) is 0.629. The lowest BCUT2D eigenvalue weighted by atomic mass is 10.3. The van der Waals surface area contributed by atoms with Crippen LogP contribution in [0.4, 0.5) is 13.2 Å². The van der Waals surface area contributed by atoms with E-state index in [1.54, 1.807) is 16.7 Å². The largest absolute Gasteiger partial charge is 0.411 e. The summed E-state index contributed by atoms with van der Waals surface area (Å²) in [5, 5.41) is 0.686. The Morgan fingerprint density at radius 1 is 1.19 bits per heavy atom.